The average molecular weight is 299 g/mol. The lowest BCUT2D eigenvalue weighted by Gasteiger charge is -2.13. The van der Waals surface area contributed by atoms with E-state index in [9.17, 15) is 4.79 Å². The quantitative estimate of drug-likeness (QED) is 0.758. The van der Waals surface area contributed by atoms with Crippen LogP contribution in [0.4, 0.5) is 0 Å². The Kier molecular flexibility index (Phi) is 4.74. The molecule has 0 spiro atoms. The summed E-state index contributed by atoms with van der Waals surface area (Å²) in [6.45, 7) is 12.4. The van der Waals surface area contributed by atoms with Crippen LogP contribution in [0, 0.1) is 27.7 Å². The summed E-state index contributed by atoms with van der Waals surface area (Å²) in [6, 6.07) is 8.29. The van der Waals surface area contributed by atoms with Gasteiger partial charge in [0.1, 0.15) is 5.75 Å². The Bertz CT molecular complexity index is 696. The second-order valence-electron chi connectivity index (χ2n) is 6.23. The summed E-state index contributed by atoms with van der Waals surface area (Å²) in [6.07, 6.45) is 0. The van der Waals surface area contributed by atoms with Crippen molar-refractivity contribution in [3.05, 3.63) is 52.3 Å². The van der Waals surface area contributed by atoms with Gasteiger partial charge in [0.05, 0.1) is 0 Å². The number of ketones is 1. The van der Waals surface area contributed by atoms with Crippen molar-refractivity contribution in [2.45, 2.75) is 47.6 Å². The Hall–Kier alpha value is -2.03. The van der Waals surface area contributed by atoms with Gasteiger partial charge in [-0.2, -0.15) is 0 Å². The lowest BCUT2D eigenvalue weighted by Crippen LogP contribution is -2.14. The summed E-state index contributed by atoms with van der Waals surface area (Å²) in [5.74, 6) is 0.802. The average Bonchev–Trinajstić information content (AvgIpc) is 2.72. The topological polar surface area (TPSA) is 31.2 Å². The second-order valence-corrected chi connectivity index (χ2v) is 6.23. The highest BCUT2D eigenvalue weighted by Gasteiger charge is 2.17. The van der Waals surface area contributed by atoms with Gasteiger partial charge in [-0.25, -0.2) is 0 Å². The molecule has 0 saturated heterocycles. The van der Waals surface area contributed by atoms with E-state index in [0.717, 1.165) is 28.3 Å². The van der Waals surface area contributed by atoms with E-state index in [4.69, 9.17) is 4.74 Å². The molecule has 0 aliphatic rings. The summed E-state index contributed by atoms with van der Waals surface area (Å²) in [4.78, 5) is 12.5. The monoisotopic (exact) mass is 299 g/mol. The molecule has 0 fully saturated rings. The number of hydrogen-bond donors (Lipinski definition) is 0. The van der Waals surface area contributed by atoms with Crippen molar-refractivity contribution in [3.8, 4) is 5.75 Å². The van der Waals surface area contributed by atoms with Crippen LogP contribution in [-0.4, -0.2) is 17.0 Å². The highest BCUT2D eigenvalue weighted by molar-refractivity contribution is 5.98. The number of nitrogens with zero attached hydrogens (tertiary/aromatic N) is 1. The minimum atomic E-state index is 0.0278. The molecule has 3 heteroatoms. The largest absolute Gasteiger partial charge is 0.485 e. The SMILES string of the molecule is Cc1ccc(OCC(=O)c2cc(C)n(C(C)C)c2C)c(C)c1. The molecule has 1 aromatic heterocycles. The zero-order valence-corrected chi connectivity index (χ0v) is 14.4. The highest BCUT2D eigenvalue weighted by atomic mass is 16.5. The van der Waals surface area contributed by atoms with Gasteiger partial charge >= 0.3 is 0 Å². The lowest BCUT2D eigenvalue weighted by molar-refractivity contribution is 0.0920. The fraction of sp³-hybridized carbons (Fsp3) is 0.421. The number of rotatable bonds is 5. The third-order valence-electron chi connectivity index (χ3n) is 3.99. The smallest absolute Gasteiger partial charge is 0.202 e. The van der Waals surface area contributed by atoms with Gasteiger partial charge in [0.25, 0.3) is 0 Å². The van der Waals surface area contributed by atoms with Gasteiger partial charge in [-0.05, 0) is 59.2 Å². The summed E-state index contributed by atoms with van der Waals surface area (Å²) in [7, 11) is 0. The van der Waals surface area contributed by atoms with Crippen LogP contribution in [-0.2, 0) is 0 Å². The van der Waals surface area contributed by atoms with Crippen molar-refractivity contribution in [3.63, 3.8) is 0 Å². The molecule has 0 bridgehead atoms. The molecule has 1 heterocycles. The third-order valence-corrected chi connectivity index (χ3v) is 3.99. The maximum Gasteiger partial charge on any atom is 0.202 e. The molecule has 0 aliphatic heterocycles. The number of carbonyl (C=O) groups excluding carboxylic acids is 1. The molecule has 2 aromatic rings. The van der Waals surface area contributed by atoms with Crippen LogP contribution >= 0.6 is 0 Å². The zero-order valence-electron chi connectivity index (χ0n) is 14.4. The van der Waals surface area contributed by atoms with E-state index in [2.05, 4.69) is 24.5 Å². The molecule has 22 heavy (non-hydrogen) atoms. The molecule has 0 N–H and O–H groups in total. The second kappa shape index (κ2) is 6.39. The fourth-order valence-electron chi connectivity index (χ4n) is 3.04. The van der Waals surface area contributed by atoms with Crippen LogP contribution in [0.3, 0.4) is 0 Å². The minimum Gasteiger partial charge on any atom is -0.485 e. The van der Waals surface area contributed by atoms with Gasteiger partial charge < -0.3 is 9.30 Å². The standard InChI is InChI=1S/C19H25NO2/c1-12(2)20-15(5)10-17(16(20)6)18(21)11-22-19-8-7-13(3)9-14(19)4/h7-10,12H,11H2,1-6H3. The molecule has 0 amide bonds. The Balaban J connectivity index is 2.15. The van der Waals surface area contributed by atoms with Crippen LogP contribution in [0.25, 0.3) is 0 Å². The van der Waals surface area contributed by atoms with Crippen molar-refractivity contribution in [1.29, 1.82) is 0 Å². The number of Topliss-reactive ketones (excluding diaryl/α,β-unsaturated/α-hetero) is 1. The molecule has 118 valence electrons. The number of aryl methyl sites for hydroxylation is 3. The first kappa shape index (κ1) is 16.3. The minimum absolute atomic E-state index is 0.0278. The Morgan fingerprint density at radius 2 is 1.82 bits per heavy atom. The maximum atomic E-state index is 12.5. The summed E-state index contributed by atoms with van der Waals surface area (Å²) < 4.78 is 7.90. The lowest BCUT2D eigenvalue weighted by atomic mass is 10.1. The van der Waals surface area contributed by atoms with E-state index in [1.165, 1.54) is 5.56 Å². The molecule has 0 unspecified atom stereocenters. The Labute approximate surface area is 132 Å². The molecule has 0 saturated carbocycles. The predicted octanol–water partition coefficient (Wildman–Crippen LogP) is 4.56. The number of carbonyl (C=O) groups is 1. The van der Waals surface area contributed by atoms with Crippen molar-refractivity contribution >= 4 is 5.78 Å². The zero-order chi connectivity index (χ0) is 16.4. The Morgan fingerprint density at radius 1 is 1.14 bits per heavy atom. The van der Waals surface area contributed by atoms with Crippen molar-refractivity contribution < 1.29 is 9.53 Å². The number of aromatic nitrogens is 1. The molecular weight excluding hydrogens is 274 g/mol. The van der Waals surface area contributed by atoms with Gasteiger partial charge in [-0.1, -0.05) is 17.7 Å². The van der Waals surface area contributed by atoms with E-state index >= 15 is 0 Å². The van der Waals surface area contributed by atoms with Crippen LogP contribution < -0.4 is 4.74 Å². The molecule has 0 aliphatic carbocycles. The molecule has 0 atom stereocenters. The summed E-state index contributed by atoms with van der Waals surface area (Å²) in [5, 5.41) is 0. The van der Waals surface area contributed by atoms with Gasteiger partial charge in [0, 0.05) is 23.0 Å². The van der Waals surface area contributed by atoms with Crippen LogP contribution in [0.5, 0.6) is 5.75 Å². The number of hydrogen-bond acceptors (Lipinski definition) is 2. The molecule has 0 radical (unpaired) electrons. The molecule has 2 rings (SSSR count). The van der Waals surface area contributed by atoms with Gasteiger partial charge in [-0.15, -0.1) is 0 Å². The number of ether oxygens (including phenoxy) is 1. The Morgan fingerprint density at radius 3 is 2.36 bits per heavy atom. The van der Waals surface area contributed by atoms with E-state index in [1.807, 2.05) is 45.9 Å². The maximum absolute atomic E-state index is 12.5. The first-order valence-corrected chi connectivity index (χ1v) is 7.73. The van der Waals surface area contributed by atoms with Crippen LogP contribution in [0.2, 0.25) is 0 Å². The summed E-state index contributed by atoms with van der Waals surface area (Å²) in [5.41, 5.74) is 5.14. The molecule has 1 aromatic carbocycles. The molecular formula is C19H25NO2. The normalized spacial score (nSPS) is 11.0. The van der Waals surface area contributed by atoms with Gasteiger partial charge in [0.15, 0.2) is 6.61 Å². The van der Waals surface area contributed by atoms with Crippen molar-refractivity contribution in [2.24, 2.45) is 0 Å². The van der Waals surface area contributed by atoms with Crippen LogP contribution in [0.1, 0.15) is 52.8 Å². The van der Waals surface area contributed by atoms with E-state index < -0.39 is 0 Å². The molecule has 3 nitrogen and oxygen atoms in total. The van der Waals surface area contributed by atoms with E-state index in [1.54, 1.807) is 0 Å². The number of benzene rings is 1. The van der Waals surface area contributed by atoms with E-state index in [-0.39, 0.29) is 12.4 Å². The summed E-state index contributed by atoms with van der Waals surface area (Å²) >= 11 is 0. The van der Waals surface area contributed by atoms with Crippen molar-refractivity contribution in [1.82, 2.24) is 4.57 Å². The fourth-order valence-corrected chi connectivity index (χ4v) is 3.04. The predicted molar refractivity (Wildman–Crippen MR) is 90.0 cm³/mol. The first-order chi connectivity index (χ1) is 10.3. The van der Waals surface area contributed by atoms with Gasteiger partial charge in [0.2, 0.25) is 5.78 Å². The first-order valence-electron chi connectivity index (χ1n) is 7.73. The van der Waals surface area contributed by atoms with E-state index in [0.29, 0.717) is 6.04 Å². The van der Waals surface area contributed by atoms with Crippen LogP contribution in [0.15, 0.2) is 24.3 Å². The van der Waals surface area contributed by atoms with Gasteiger partial charge in [-0.3, -0.25) is 4.79 Å². The van der Waals surface area contributed by atoms with Crippen molar-refractivity contribution in [2.75, 3.05) is 6.61 Å². The third kappa shape index (κ3) is 3.24. The highest BCUT2D eigenvalue weighted by Crippen LogP contribution is 2.22.